The maximum atomic E-state index is 11.3. The van der Waals surface area contributed by atoms with Crippen LogP contribution in [-0.2, 0) is 0 Å². The van der Waals surface area contributed by atoms with Gasteiger partial charge in [0.05, 0.1) is 5.52 Å². The molecule has 1 unspecified atom stereocenters. The molecule has 2 aromatic heterocycles. The Balaban J connectivity index is 2.07. The van der Waals surface area contributed by atoms with E-state index in [-0.39, 0.29) is 5.69 Å². The first-order valence-electron chi connectivity index (χ1n) is 6.63. The van der Waals surface area contributed by atoms with Crippen molar-refractivity contribution in [3.8, 4) is 0 Å². The van der Waals surface area contributed by atoms with E-state index in [1.807, 2.05) is 28.8 Å². The van der Waals surface area contributed by atoms with Crippen LogP contribution in [0.4, 0.5) is 0 Å². The molecule has 0 amide bonds. The lowest BCUT2D eigenvalue weighted by Gasteiger charge is -2.12. The van der Waals surface area contributed by atoms with Gasteiger partial charge in [-0.2, -0.15) is 0 Å². The Labute approximate surface area is 111 Å². The zero-order chi connectivity index (χ0) is 13.4. The highest BCUT2D eigenvalue weighted by Gasteiger charge is 2.28. The number of likely N-dealkylation sites (N-methyl/N-ethyl adjacent to an activating group) is 1. The zero-order valence-corrected chi connectivity index (χ0v) is 10.9. The number of carboxylic acids is 1. The number of rotatable bonds is 3. The summed E-state index contributed by atoms with van der Waals surface area (Å²) in [7, 11) is 0. The van der Waals surface area contributed by atoms with Crippen molar-refractivity contribution in [2.45, 2.75) is 19.3 Å². The second kappa shape index (κ2) is 4.66. The summed E-state index contributed by atoms with van der Waals surface area (Å²) >= 11 is 0. The van der Waals surface area contributed by atoms with Crippen molar-refractivity contribution >= 4 is 11.5 Å². The van der Waals surface area contributed by atoms with Gasteiger partial charge in [-0.3, -0.25) is 0 Å². The van der Waals surface area contributed by atoms with Gasteiger partial charge < -0.3 is 14.4 Å². The molecule has 2 aromatic rings. The van der Waals surface area contributed by atoms with Gasteiger partial charge in [0.15, 0.2) is 5.69 Å². The van der Waals surface area contributed by atoms with Crippen LogP contribution in [0.25, 0.3) is 5.52 Å². The number of hydrogen-bond acceptors (Lipinski definition) is 3. The first kappa shape index (κ1) is 12.2. The van der Waals surface area contributed by atoms with E-state index in [9.17, 15) is 9.90 Å². The summed E-state index contributed by atoms with van der Waals surface area (Å²) < 4.78 is 1.92. The quantitative estimate of drug-likeness (QED) is 0.913. The number of aromatic nitrogens is 2. The van der Waals surface area contributed by atoms with E-state index in [1.165, 1.54) is 0 Å². The van der Waals surface area contributed by atoms with Gasteiger partial charge in [-0.15, -0.1) is 0 Å². The number of carbonyl (C=O) groups is 1. The molecule has 0 spiro atoms. The number of imidazole rings is 1. The molecule has 1 aliphatic heterocycles. The number of carboxylic acid groups (broad SMARTS) is 1. The normalized spacial score (nSPS) is 20.2. The Kier molecular flexibility index (Phi) is 2.98. The van der Waals surface area contributed by atoms with Crippen molar-refractivity contribution in [3.05, 3.63) is 35.9 Å². The molecule has 5 heteroatoms. The maximum Gasteiger partial charge on any atom is 0.356 e. The number of hydrogen-bond donors (Lipinski definition) is 1. The van der Waals surface area contributed by atoms with E-state index >= 15 is 0 Å². The topological polar surface area (TPSA) is 57.8 Å². The molecule has 5 nitrogen and oxygen atoms in total. The summed E-state index contributed by atoms with van der Waals surface area (Å²) in [5.41, 5.74) is 0.838. The minimum absolute atomic E-state index is 0.158. The minimum atomic E-state index is -0.958. The third kappa shape index (κ3) is 2.00. The van der Waals surface area contributed by atoms with E-state index < -0.39 is 5.97 Å². The van der Waals surface area contributed by atoms with Crippen LogP contribution in [0.15, 0.2) is 24.4 Å². The van der Waals surface area contributed by atoms with E-state index in [2.05, 4.69) is 16.8 Å². The number of pyridine rings is 1. The molecule has 1 saturated heterocycles. The van der Waals surface area contributed by atoms with E-state index in [0.717, 1.165) is 31.9 Å². The molecule has 1 atom stereocenters. The third-order valence-electron chi connectivity index (χ3n) is 3.86. The van der Waals surface area contributed by atoms with Crippen LogP contribution in [-0.4, -0.2) is 45.0 Å². The first-order valence-corrected chi connectivity index (χ1v) is 6.63. The SMILES string of the molecule is CCN1CCC(c2nc(C(=O)O)c3ccccn23)C1. The first-order chi connectivity index (χ1) is 9.20. The molecule has 0 aliphatic carbocycles. The second-order valence-corrected chi connectivity index (χ2v) is 4.96. The van der Waals surface area contributed by atoms with Crippen LogP contribution in [0, 0.1) is 0 Å². The Bertz CT molecular complexity index is 620. The van der Waals surface area contributed by atoms with Gasteiger partial charge in [-0.05, 0) is 31.6 Å². The van der Waals surface area contributed by atoms with E-state index in [1.54, 1.807) is 0 Å². The van der Waals surface area contributed by atoms with Gasteiger partial charge in [-0.25, -0.2) is 9.78 Å². The zero-order valence-electron chi connectivity index (χ0n) is 10.9. The smallest absolute Gasteiger partial charge is 0.356 e. The van der Waals surface area contributed by atoms with Crippen molar-refractivity contribution in [3.63, 3.8) is 0 Å². The molecule has 0 radical (unpaired) electrons. The molecule has 0 bridgehead atoms. The van der Waals surface area contributed by atoms with Crippen LogP contribution < -0.4 is 0 Å². The highest BCUT2D eigenvalue weighted by molar-refractivity contribution is 5.93. The van der Waals surface area contributed by atoms with Gasteiger partial charge in [0.2, 0.25) is 0 Å². The fourth-order valence-electron chi connectivity index (χ4n) is 2.84. The Hall–Kier alpha value is -1.88. The monoisotopic (exact) mass is 259 g/mol. The molecule has 3 heterocycles. The summed E-state index contributed by atoms with van der Waals surface area (Å²) in [6.07, 6.45) is 2.94. The van der Waals surface area contributed by atoms with Gasteiger partial charge in [0.25, 0.3) is 0 Å². The lowest BCUT2D eigenvalue weighted by atomic mass is 10.1. The van der Waals surface area contributed by atoms with Gasteiger partial charge >= 0.3 is 5.97 Å². The molecule has 3 rings (SSSR count). The fraction of sp³-hybridized carbons (Fsp3) is 0.429. The summed E-state index contributed by atoms with van der Waals surface area (Å²) in [6.45, 7) is 5.20. The summed E-state index contributed by atoms with van der Waals surface area (Å²) in [5, 5.41) is 9.25. The van der Waals surface area contributed by atoms with Crippen molar-refractivity contribution in [1.29, 1.82) is 0 Å². The predicted octanol–water partition coefficient (Wildman–Crippen LogP) is 1.84. The van der Waals surface area contributed by atoms with Crippen molar-refractivity contribution < 1.29 is 9.90 Å². The van der Waals surface area contributed by atoms with Crippen LogP contribution in [0.1, 0.15) is 35.6 Å². The Morgan fingerprint density at radius 1 is 1.53 bits per heavy atom. The summed E-state index contributed by atoms with van der Waals surface area (Å²) in [4.78, 5) is 18.0. The van der Waals surface area contributed by atoms with Crippen LogP contribution in [0.2, 0.25) is 0 Å². The molecule has 100 valence electrons. The fourth-order valence-corrected chi connectivity index (χ4v) is 2.84. The molecule has 1 fully saturated rings. The van der Waals surface area contributed by atoms with Crippen LogP contribution in [0.3, 0.4) is 0 Å². The van der Waals surface area contributed by atoms with Gasteiger partial charge in [0.1, 0.15) is 5.82 Å². The molecule has 19 heavy (non-hydrogen) atoms. The number of likely N-dealkylation sites (tertiary alicyclic amines) is 1. The Morgan fingerprint density at radius 3 is 3.05 bits per heavy atom. The van der Waals surface area contributed by atoms with Crippen molar-refractivity contribution in [2.24, 2.45) is 0 Å². The lowest BCUT2D eigenvalue weighted by molar-refractivity contribution is 0.0693. The lowest BCUT2D eigenvalue weighted by Crippen LogP contribution is -2.19. The highest BCUT2D eigenvalue weighted by atomic mass is 16.4. The van der Waals surface area contributed by atoms with E-state index in [0.29, 0.717) is 11.4 Å². The average molecular weight is 259 g/mol. The second-order valence-electron chi connectivity index (χ2n) is 4.96. The van der Waals surface area contributed by atoms with Gasteiger partial charge in [0, 0.05) is 18.7 Å². The minimum Gasteiger partial charge on any atom is -0.476 e. The molecule has 0 saturated carbocycles. The summed E-state index contributed by atoms with van der Waals surface area (Å²) in [5.74, 6) is 0.243. The highest BCUT2D eigenvalue weighted by Crippen LogP contribution is 2.28. The maximum absolute atomic E-state index is 11.3. The van der Waals surface area contributed by atoms with E-state index in [4.69, 9.17) is 0 Å². The van der Waals surface area contributed by atoms with Crippen molar-refractivity contribution in [1.82, 2.24) is 14.3 Å². The molecular formula is C14H17N3O2. The number of fused-ring (bicyclic) bond motifs is 1. The molecule has 1 aliphatic rings. The predicted molar refractivity (Wildman–Crippen MR) is 71.6 cm³/mol. The third-order valence-corrected chi connectivity index (χ3v) is 3.86. The van der Waals surface area contributed by atoms with Crippen LogP contribution >= 0.6 is 0 Å². The van der Waals surface area contributed by atoms with Gasteiger partial charge in [-0.1, -0.05) is 13.0 Å². The van der Waals surface area contributed by atoms with Crippen molar-refractivity contribution in [2.75, 3.05) is 19.6 Å². The average Bonchev–Trinajstić information content (AvgIpc) is 3.02. The summed E-state index contributed by atoms with van der Waals surface area (Å²) in [6, 6.07) is 5.57. The molecule has 0 aromatic carbocycles. The van der Waals surface area contributed by atoms with Crippen LogP contribution in [0.5, 0.6) is 0 Å². The molecule has 1 N–H and O–H groups in total. The largest absolute Gasteiger partial charge is 0.476 e. The Morgan fingerprint density at radius 2 is 2.37 bits per heavy atom. The molecular weight excluding hydrogens is 242 g/mol. The number of aromatic carboxylic acids is 1. The standard InChI is InChI=1S/C14H17N3O2/c1-2-16-8-6-10(9-16)13-15-12(14(18)19)11-5-3-4-7-17(11)13/h3-5,7,10H,2,6,8-9H2,1H3,(H,18,19). The number of nitrogens with zero attached hydrogens (tertiary/aromatic N) is 3.